The van der Waals surface area contributed by atoms with Gasteiger partial charge < -0.3 is 9.79 Å². The number of phosphoric acid groups is 1. The van der Waals surface area contributed by atoms with E-state index >= 15 is 0 Å². The molecule has 184 valence electrons. The van der Waals surface area contributed by atoms with Crippen molar-refractivity contribution in [3.63, 3.8) is 0 Å². The van der Waals surface area contributed by atoms with E-state index in [-0.39, 0.29) is 11.5 Å². The Bertz CT molecular complexity index is 757. The molecule has 0 aromatic carbocycles. The summed E-state index contributed by atoms with van der Waals surface area (Å²) in [6.07, 6.45) is 15.4. The molecule has 0 amide bonds. The number of fused-ring (bicyclic) bond motifs is 5. The molecule has 0 aliphatic heterocycles. The molecule has 4 nitrogen and oxygen atoms in total. The van der Waals surface area contributed by atoms with Crippen LogP contribution in [0.25, 0.3) is 0 Å². The van der Waals surface area contributed by atoms with Crippen molar-refractivity contribution in [1.82, 2.24) is 0 Å². The molecule has 4 aliphatic rings. The van der Waals surface area contributed by atoms with Gasteiger partial charge in [0.25, 0.3) is 0 Å². The van der Waals surface area contributed by atoms with Gasteiger partial charge in [0.2, 0.25) is 0 Å². The van der Waals surface area contributed by atoms with Gasteiger partial charge in [-0.25, -0.2) is 4.57 Å². The number of allylic oxidation sites excluding steroid dienone is 1. The fourth-order valence-electron chi connectivity index (χ4n) is 8.94. The summed E-state index contributed by atoms with van der Waals surface area (Å²) in [6, 6.07) is 0. The first-order chi connectivity index (χ1) is 14.9. The lowest BCUT2D eigenvalue weighted by Gasteiger charge is -2.58. The first-order valence-corrected chi connectivity index (χ1v) is 14.9. The zero-order chi connectivity index (χ0) is 23.3. The lowest BCUT2D eigenvalue weighted by molar-refractivity contribution is -0.0570. The Morgan fingerprint density at radius 3 is 2.50 bits per heavy atom. The Morgan fingerprint density at radius 1 is 1.06 bits per heavy atom. The summed E-state index contributed by atoms with van der Waals surface area (Å²) in [5.74, 6) is 4.89. The smallest absolute Gasteiger partial charge is 0.303 e. The molecule has 0 aromatic heterocycles. The summed E-state index contributed by atoms with van der Waals surface area (Å²) in [6.45, 7) is 12.3. The van der Waals surface area contributed by atoms with E-state index in [1.54, 1.807) is 0 Å². The van der Waals surface area contributed by atoms with Gasteiger partial charge in [0.15, 0.2) is 0 Å². The first-order valence-electron chi connectivity index (χ1n) is 13.4. The summed E-state index contributed by atoms with van der Waals surface area (Å²) >= 11 is 0. The van der Waals surface area contributed by atoms with Gasteiger partial charge in [-0.2, -0.15) is 0 Å². The van der Waals surface area contributed by atoms with E-state index in [0.717, 1.165) is 54.8 Å². The Kier molecular flexibility index (Phi) is 7.13. The number of rotatable bonds is 7. The Labute approximate surface area is 196 Å². The molecule has 4 rings (SSSR count). The van der Waals surface area contributed by atoms with Crippen molar-refractivity contribution in [1.29, 1.82) is 0 Å². The largest absolute Gasteiger partial charge is 0.469 e. The molecule has 0 heterocycles. The Morgan fingerprint density at radius 2 is 1.81 bits per heavy atom. The van der Waals surface area contributed by atoms with Crippen molar-refractivity contribution in [2.45, 2.75) is 111 Å². The van der Waals surface area contributed by atoms with Gasteiger partial charge in [-0.3, -0.25) is 4.52 Å². The van der Waals surface area contributed by atoms with E-state index in [0.29, 0.717) is 11.8 Å². The van der Waals surface area contributed by atoms with Gasteiger partial charge in [-0.05, 0) is 97.7 Å². The second-order valence-electron chi connectivity index (χ2n) is 12.8. The average Bonchev–Trinajstić information content (AvgIpc) is 3.04. The molecule has 5 heteroatoms. The van der Waals surface area contributed by atoms with Crippen LogP contribution in [-0.4, -0.2) is 15.9 Å². The maximum Gasteiger partial charge on any atom is 0.469 e. The number of hydrogen-bond acceptors (Lipinski definition) is 2. The third-order valence-corrected chi connectivity index (χ3v) is 11.1. The summed E-state index contributed by atoms with van der Waals surface area (Å²) in [4.78, 5) is 18.5. The van der Waals surface area contributed by atoms with Crippen molar-refractivity contribution in [3.05, 3.63) is 11.6 Å². The van der Waals surface area contributed by atoms with Crippen molar-refractivity contribution >= 4 is 7.82 Å². The molecule has 1 unspecified atom stereocenters. The summed E-state index contributed by atoms with van der Waals surface area (Å²) < 4.78 is 16.5. The van der Waals surface area contributed by atoms with Gasteiger partial charge in [0.1, 0.15) is 0 Å². The minimum absolute atomic E-state index is 0.194. The quantitative estimate of drug-likeness (QED) is 0.301. The van der Waals surface area contributed by atoms with Gasteiger partial charge in [0, 0.05) is 0 Å². The summed E-state index contributed by atoms with van der Waals surface area (Å²) in [5.41, 5.74) is 2.12. The van der Waals surface area contributed by atoms with Crippen LogP contribution in [0, 0.1) is 46.3 Å². The fraction of sp³-hybridized carbons (Fsp3) is 0.926. The molecular formula is C27H47O4P. The van der Waals surface area contributed by atoms with E-state index in [9.17, 15) is 14.4 Å². The highest BCUT2D eigenvalue weighted by Gasteiger charge is 2.59. The zero-order valence-electron chi connectivity index (χ0n) is 21.1. The molecule has 8 atom stereocenters. The van der Waals surface area contributed by atoms with Crippen LogP contribution < -0.4 is 0 Å². The molecule has 0 radical (unpaired) electrons. The van der Waals surface area contributed by atoms with Crippen LogP contribution in [0.1, 0.15) is 105 Å². The Hall–Kier alpha value is -0.150. The second kappa shape index (κ2) is 9.14. The predicted octanol–water partition coefficient (Wildman–Crippen LogP) is 7.51. The molecule has 0 aromatic rings. The third-order valence-electron chi connectivity index (χ3n) is 10.5. The lowest BCUT2D eigenvalue weighted by Crippen LogP contribution is -2.50. The highest BCUT2D eigenvalue weighted by atomic mass is 31.2. The lowest BCUT2D eigenvalue weighted by atomic mass is 9.47. The SMILES string of the molecule is CC(C)CCC[C@@H](C)C1CC[C@H]2[C@@H]3CC=C4C[C@@H](OP(=O)(O)O)CC[C@]4(C)[C@H]3CC[C@]12C. The highest BCUT2D eigenvalue weighted by Crippen LogP contribution is 2.67. The van der Waals surface area contributed by atoms with Crippen LogP contribution in [0.2, 0.25) is 0 Å². The molecule has 3 fully saturated rings. The number of phosphoric ester groups is 1. The third kappa shape index (κ3) is 4.68. The fourth-order valence-corrected chi connectivity index (χ4v) is 9.50. The molecule has 32 heavy (non-hydrogen) atoms. The van der Waals surface area contributed by atoms with Crippen molar-refractivity contribution in [3.8, 4) is 0 Å². The summed E-state index contributed by atoms with van der Waals surface area (Å²) in [5, 5.41) is 0. The average molecular weight is 467 g/mol. The minimum atomic E-state index is -4.41. The van der Waals surface area contributed by atoms with E-state index in [4.69, 9.17) is 4.52 Å². The molecule has 2 N–H and O–H groups in total. The van der Waals surface area contributed by atoms with Gasteiger partial charge in [-0.15, -0.1) is 0 Å². The standard InChI is InChI=1S/C27H47O4P/c1-18(2)7-6-8-19(3)23-11-12-24-22-10-9-20-17-21(31-32(28,29)30)13-15-26(20,4)25(22)14-16-27(23,24)5/h9,18-19,21-25H,6-8,10-17H2,1-5H3,(H2,28,29,30)/t19-,21+,22+,23?,24+,25+,26+,27-/m1/s1. The van der Waals surface area contributed by atoms with Crippen molar-refractivity contribution < 1.29 is 18.9 Å². The van der Waals surface area contributed by atoms with Gasteiger partial charge in [0.05, 0.1) is 6.10 Å². The minimum Gasteiger partial charge on any atom is -0.303 e. The molecule has 4 aliphatic carbocycles. The van der Waals surface area contributed by atoms with E-state index in [1.807, 2.05) is 0 Å². The van der Waals surface area contributed by atoms with Gasteiger partial charge >= 0.3 is 7.82 Å². The first kappa shape index (κ1) is 25.0. The van der Waals surface area contributed by atoms with E-state index in [1.165, 1.54) is 50.5 Å². The predicted molar refractivity (Wildman–Crippen MR) is 130 cm³/mol. The van der Waals surface area contributed by atoms with Crippen molar-refractivity contribution in [2.75, 3.05) is 0 Å². The van der Waals surface area contributed by atoms with Crippen LogP contribution in [0.3, 0.4) is 0 Å². The van der Waals surface area contributed by atoms with Crippen LogP contribution in [0.5, 0.6) is 0 Å². The zero-order valence-corrected chi connectivity index (χ0v) is 21.9. The van der Waals surface area contributed by atoms with Crippen LogP contribution >= 0.6 is 7.82 Å². The van der Waals surface area contributed by atoms with Crippen LogP contribution in [-0.2, 0) is 9.09 Å². The molecule has 3 saturated carbocycles. The normalized spacial score (nSPS) is 42.8. The summed E-state index contributed by atoms with van der Waals surface area (Å²) in [7, 11) is -4.41. The van der Waals surface area contributed by atoms with Gasteiger partial charge in [-0.1, -0.05) is 65.5 Å². The van der Waals surface area contributed by atoms with Crippen molar-refractivity contribution in [2.24, 2.45) is 46.3 Å². The Balaban J connectivity index is 1.46. The number of hydrogen-bond donors (Lipinski definition) is 2. The van der Waals surface area contributed by atoms with E-state index in [2.05, 4.69) is 40.7 Å². The molecule has 0 spiro atoms. The molecule has 0 saturated heterocycles. The second-order valence-corrected chi connectivity index (χ2v) is 13.9. The maximum absolute atomic E-state index is 11.4. The monoisotopic (exact) mass is 466 g/mol. The highest BCUT2D eigenvalue weighted by molar-refractivity contribution is 7.46. The van der Waals surface area contributed by atoms with Crippen LogP contribution in [0.4, 0.5) is 0 Å². The molecular weight excluding hydrogens is 419 g/mol. The van der Waals surface area contributed by atoms with Crippen LogP contribution in [0.15, 0.2) is 11.6 Å². The maximum atomic E-state index is 11.4. The molecule has 0 bridgehead atoms. The topological polar surface area (TPSA) is 66.8 Å². The van der Waals surface area contributed by atoms with E-state index < -0.39 is 7.82 Å².